The number of carbonyl (C=O) groups excluding carboxylic acids is 1. The Kier molecular flexibility index (Phi) is 6.68. The van der Waals surface area contributed by atoms with Crippen LogP contribution in [0.25, 0.3) is 0 Å². The average molecular weight is 294 g/mol. The molecule has 21 heavy (non-hydrogen) atoms. The molecule has 0 aliphatic heterocycles. The zero-order valence-corrected chi connectivity index (χ0v) is 12.6. The second-order valence-corrected chi connectivity index (χ2v) is 4.93. The van der Waals surface area contributed by atoms with Gasteiger partial charge in [-0.3, -0.25) is 4.79 Å². The monoisotopic (exact) mass is 294 g/mol. The summed E-state index contributed by atoms with van der Waals surface area (Å²) in [6.45, 7) is -0.0236. The molecule has 1 aromatic carbocycles. The van der Waals surface area contributed by atoms with Gasteiger partial charge in [-0.25, -0.2) is 4.79 Å². The number of amides is 1. The summed E-state index contributed by atoms with van der Waals surface area (Å²) in [6.07, 6.45) is -0.0740. The minimum Gasteiger partial charge on any atom is -0.479 e. The number of hydrogen-bond donors (Lipinski definition) is 2. The number of nitrogens with one attached hydrogen (secondary N) is 1. The summed E-state index contributed by atoms with van der Waals surface area (Å²) in [4.78, 5) is 24.4. The fourth-order valence-corrected chi connectivity index (χ4v) is 1.79. The first-order valence-electron chi connectivity index (χ1n) is 6.72. The first kappa shape index (κ1) is 17.0. The minimum absolute atomic E-state index is 0.0236. The fourth-order valence-electron chi connectivity index (χ4n) is 1.79. The lowest BCUT2D eigenvalue weighted by Gasteiger charge is -2.13. The van der Waals surface area contributed by atoms with Gasteiger partial charge >= 0.3 is 5.97 Å². The van der Waals surface area contributed by atoms with Crippen molar-refractivity contribution in [1.82, 2.24) is 5.32 Å². The van der Waals surface area contributed by atoms with Crippen molar-refractivity contribution in [1.29, 1.82) is 0 Å². The van der Waals surface area contributed by atoms with E-state index in [9.17, 15) is 9.59 Å². The van der Waals surface area contributed by atoms with Crippen molar-refractivity contribution in [3.05, 3.63) is 29.8 Å². The molecule has 0 spiro atoms. The summed E-state index contributed by atoms with van der Waals surface area (Å²) >= 11 is 0. The molecule has 0 aliphatic carbocycles. The van der Waals surface area contributed by atoms with Crippen LogP contribution in [0.4, 0.5) is 5.69 Å². The van der Waals surface area contributed by atoms with E-state index in [-0.39, 0.29) is 12.5 Å². The summed E-state index contributed by atoms with van der Waals surface area (Å²) in [5.41, 5.74) is 2.17. The average Bonchev–Trinajstić information content (AvgIpc) is 2.45. The molecule has 6 nitrogen and oxygen atoms in total. The highest BCUT2D eigenvalue weighted by Crippen LogP contribution is 2.13. The number of nitrogens with zero attached hydrogens (tertiary/aromatic N) is 1. The summed E-state index contributed by atoms with van der Waals surface area (Å²) in [5.74, 6) is -1.27. The van der Waals surface area contributed by atoms with Crippen LogP contribution < -0.4 is 10.2 Å². The lowest BCUT2D eigenvalue weighted by Crippen LogP contribution is -2.37. The molecule has 1 rings (SSSR count). The molecule has 0 aromatic heterocycles. The van der Waals surface area contributed by atoms with Crippen LogP contribution in [0.5, 0.6) is 0 Å². The van der Waals surface area contributed by atoms with E-state index >= 15 is 0 Å². The minimum atomic E-state index is -1.09. The topological polar surface area (TPSA) is 78.9 Å². The van der Waals surface area contributed by atoms with E-state index in [1.807, 2.05) is 43.3 Å². The molecule has 1 aromatic rings. The van der Waals surface area contributed by atoms with Crippen LogP contribution in [0.3, 0.4) is 0 Å². The van der Waals surface area contributed by atoms with Crippen molar-refractivity contribution >= 4 is 17.6 Å². The van der Waals surface area contributed by atoms with Crippen molar-refractivity contribution in [2.45, 2.75) is 18.9 Å². The van der Waals surface area contributed by atoms with Gasteiger partial charge < -0.3 is 20.1 Å². The van der Waals surface area contributed by atoms with Crippen LogP contribution in [-0.4, -0.2) is 50.8 Å². The number of methoxy groups -OCH3 is 1. The number of carboxylic acids is 1. The number of anilines is 1. The Morgan fingerprint density at radius 1 is 1.29 bits per heavy atom. The van der Waals surface area contributed by atoms with E-state index in [4.69, 9.17) is 9.84 Å². The van der Waals surface area contributed by atoms with Crippen molar-refractivity contribution in [3.8, 4) is 0 Å². The molecule has 0 radical (unpaired) electrons. The number of carboxylic acid groups (broad SMARTS) is 1. The molecule has 0 bridgehead atoms. The normalized spacial score (nSPS) is 11.8. The number of aryl methyl sites for hydroxylation is 1. The van der Waals surface area contributed by atoms with Gasteiger partial charge in [-0.1, -0.05) is 12.1 Å². The van der Waals surface area contributed by atoms with Crippen LogP contribution in [0.2, 0.25) is 0 Å². The fraction of sp³-hybridized carbons (Fsp3) is 0.467. The third kappa shape index (κ3) is 5.83. The van der Waals surface area contributed by atoms with Gasteiger partial charge in [0.25, 0.3) is 0 Å². The second-order valence-electron chi connectivity index (χ2n) is 4.93. The van der Waals surface area contributed by atoms with Gasteiger partial charge in [0, 0.05) is 33.3 Å². The third-order valence-electron chi connectivity index (χ3n) is 3.14. The Bertz CT molecular complexity index is 471. The predicted molar refractivity (Wildman–Crippen MR) is 80.5 cm³/mol. The number of ether oxygens (including phenoxy) is 1. The Morgan fingerprint density at radius 2 is 1.90 bits per heavy atom. The van der Waals surface area contributed by atoms with Gasteiger partial charge in [0.05, 0.1) is 6.54 Å². The molecule has 2 N–H and O–H groups in total. The SMILES string of the molecule is COC(CNC(=O)CCc1ccc(N(C)C)cc1)C(=O)O. The van der Waals surface area contributed by atoms with Gasteiger partial charge in [-0.05, 0) is 24.1 Å². The zero-order valence-electron chi connectivity index (χ0n) is 12.6. The van der Waals surface area contributed by atoms with Gasteiger partial charge in [0.15, 0.2) is 6.10 Å². The maximum absolute atomic E-state index is 11.7. The van der Waals surface area contributed by atoms with E-state index in [0.717, 1.165) is 11.3 Å². The van der Waals surface area contributed by atoms with Crippen LogP contribution in [-0.2, 0) is 20.7 Å². The van der Waals surface area contributed by atoms with E-state index in [1.54, 1.807) is 0 Å². The quantitative estimate of drug-likeness (QED) is 0.745. The number of hydrogen-bond acceptors (Lipinski definition) is 4. The van der Waals surface area contributed by atoms with Crippen LogP contribution in [0.15, 0.2) is 24.3 Å². The highest BCUT2D eigenvalue weighted by Gasteiger charge is 2.16. The van der Waals surface area contributed by atoms with E-state index in [1.165, 1.54) is 7.11 Å². The summed E-state index contributed by atoms with van der Waals surface area (Å²) in [6, 6.07) is 7.97. The summed E-state index contributed by atoms with van der Waals surface area (Å²) < 4.78 is 4.74. The van der Waals surface area contributed by atoms with Gasteiger partial charge in [-0.15, -0.1) is 0 Å². The highest BCUT2D eigenvalue weighted by atomic mass is 16.5. The Balaban J connectivity index is 2.37. The Hall–Kier alpha value is -2.08. The standard InChI is InChI=1S/C15H22N2O4/c1-17(2)12-7-4-11(5-8-12)6-9-14(18)16-10-13(21-3)15(19)20/h4-5,7-8,13H,6,9-10H2,1-3H3,(H,16,18)(H,19,20). The molecule has 1 unspecified atom stereocenters. The number of aliphatic carboxylic acids is 1. The lowest BCUT2D eigenvalue weighted by molar-refractivity contribution is -0.148. The largest absolute Gasteiger partial charge is 0.479 e. The van der Waals surface area contributed by atoms with Crippen molar-refractivity contribution < 1.29 is 19.4 Å². The maximum Gasteiger partial charge on any atom is 0.334 e. The Labute approximate surface area is 124 Å². The number of rotatable bonds is 8. The maximum atomic E-state index is 11.7. The van der Waals surface area contributed by atoms with Gasteiger partial charge in [-0.2, -0.15) is 0 Å². The second kappa shape index (κ2) is 8.26. The number of benzene rings is 1. The smallest absolute Gasteiger partial charge is 0.334 e. The first-order chi connectivity index (χ1) is 9.93. The molecule has 1 atom stereocenters. The van der Waals surface area contributed by atoms with Gasteiger partial charge in [0.1, 0.15) is 0 Å². The van der Waals surface area contributed by atoms with E-state index in [2.05, 4.69) is 5.32 Å². The predicted octanol–water partition coefficient (Wildman–Crippen LogP) is 0.901. The highest BCUT2D eigenvalue weighted by molar-refractivity contribution is 5.78. The van der Waals surface area contributed by atoms with Gasteiger partial charge in [0.2, 0.25) is 5.91 Å². The molecule has 6 heteroatoms. The van der Waals surface area contributed by atoms with Crippen LogP contribution in [0, 0.1) is 0 Å². The van der Waals surface area contributed by atoms with E-state index < -0.39 is 12.1 Å². The molecular weight excluding hydrogens is 272 g/mol. The molecule has 0 saturated carbocycles. The molecule has 0 saturated heterocycles. The summed E-state index contributed by atoms with van der Waals surface area (Å²) in [7, 11) is 5.24. The van der Waals surface area contributed by atoms with Crippen LogP contribution >= 0.6 is 0 Å². The lowest BCUT2D eigenvalue weighted by atomic mass is 10.1. The molecule has 0 aliphatic rings. The molecule has 1 amide bonds. The zero-order chi connectivity index (χ0) is 15.8. The Morgan fingerprint density at radius 3 is 2.38 bits per heavy atom. The molecule has 116 valence electrons. The summed E-state index contributed by atoms with van der Waals surface area (Å²) in [5, 5.41) is 11.3. The van der Waals surface area contributed by atoms with E-state index in [0.29, 0.717) is 12.8 Å². The van der Waals surface area contributed by atoms with Crippen molar-refractivity contribution in [2.75, 3.05) is 32.6 Å². The molecule has 0 fully saturated rings. The number of carbonyl (C=O) groups is 2. The van der Waals surface area contributed by atoms with Crippen molar-refractivity contribution in [3.63, 3.8) is 0 Å². The molecule has 0 heterocycles. The van der Waals surface area contributed by atoms with Crippen LogP contribution in [0.1, 0.15) is 12.0 Å². The molecular formula is C15H22N2O4. The van der Waals surface area contributed by atoms with Crippen molar-refractivity contribution in [2.24, 2.45) is 0 Å². The first-order valence-corrected chi connectivity index (χ1v) is 6.72. The third-order valence-corrected chi connectivity index (χ3v) is 3.14.